The van der Waals surface area contributed by atoms with Crippen molar-refractivity contribution in [1.29, 1.82) is 0 Å². The summed E-state index contributed by atoms with van der Waals surface area (Å²) in [5.74, 6) is 0.219. The summed E-state index contributed by atoms with van der Waals surface area (Å²) in [5.41, 5.74) is 2.26. The Kier molecular flexibility index (Phi) is 6.13. The molecular weight excluding hydrogens is 292 g/mol. The molecule has 0 bridgehead atoms. The molecule has 1 unspecified atom stereocenters. The van der Waals surface area contributed by atoms with Gasteiger partial charge in [-0.05, 0) is 55.8 Å². The third-order valence-corrected chi connectivity index (χ3v) is 4.86. The number of thiophene rings is 1. The summed E-state index contributed by atoms with van der Waals surface area (Å²) in [5, 5.41) is 2.08. The SMILES string of the molecule is Cc1ccnc(CC(C)N(C)C(=O)CCCc2cccs2)c1. The molecular formula is C18H24N2OS. The maximum atomic E-state index is 12.3. The zero-order valence-corrected chi connectivity index (χ0v) is 14.4. The summed E-state index contributed by atoms with van der Waals surface area (Å²) >= 11 is 1.76. The molecule has 4 heteroatoms. The Morgan fingerprint density at radius 1 is 1.41 bits per heavy atom. The number of pyridine rings is 1. The fraction of sp³-hybridized carbons (Fsp3) is 0.444. The van der Waals surface area contributed by atoms with Crippen LogP contribution >= 0.6 is 11.3 Å². The summed E-state index contributed by atoms with van der Waals surface area (Å²) in [6.07, 6.45) is 5.15. The van der Waals surface area contributed by atoms with Crippen molar-refractivity contribution < 1.29 is 4.79 Å². The van der Waals surface area contributed by atoms with E-state index in [4.69, 9.17) is 0 Å². The Morgan fingerprint density at radius 2 is 2.23 bits per heavy atom. The lowest BCUT2D eigenvalue weighted by atomic mass is 10.1. The van der Waals surface area contributed by atoms with E-state index in [0.29, 0.717) is 6.42 Å². The summed E-state index contributed by atoms with van der Waals surface area (Å²) in [4.78, 5) is 19.9. The molecule has 0 radical (unpaired) electrons. The Morgan fingerprint density at radius 3 is 2.91 bits per heavy atom. The summed E-state index contributed by atoms with van der Waals surface area (Å²) in [7, 11) is 1.90. The highest BCUT2D eigenvalue weighted by Gasteiger charge is 2.16. The minimum absolute atomic E-state index is 0.170. The fourth-order valence-electron chi connectivity index (χ4n) is 2.44. The normalized spacial score (nSPS) is 12.1. The van der Waals surface area contributed by atoms with Crippen LogP contribution in [0.25, 0.3) is 0 Å². The third-order valence-electron chi connectivity index (χ3n) is 3.93. The molecule has 2 aromatic rings. The summed E-state index contributed by atoms with van der Waals surface area (Å²) in [6.45, 7) is 4.15. The molecule has 0 fully saturated rings. The van der Waals surface area contributed by atoms with Crippen LogP contribution in [-0.4, -0.2) is 28.9 Å². The fourth-order valence-corrected chi connectivity index (χ4v) is 3.19. The van der Waals surface area contributed by atoms with Gasteiger partial charge in [0.25, 0.3) is 0 Å². The predicted molar refractivity (Wildman–Crippen MR) is 92.2 cm³/mol. The van der Waals surface area contributed by atoms with E-state index in [1.807, 2.05) is 24.2 Å². The standard InChI is InChI=1S/C18H24N2OS/c1-14-9-10-19-16(12-14)13-15(2)20(3)18(21)8-4-6-17-7-5-11-22-17/h5,7,9-12,15H,4,6,8,13H2,1-3H3. The first-order chi connectivity index (χ1) is 10.6. The molecule has 2 rings (SSSR count). The number of likely N-dealkylation sites (N-methyl/N-ethyl adjacent to an activating group) is 1. The van der Waals surface area contributed by atoms with Gasteiger partial charge in [-0.15, -0.1) is 11.3 Å². The number of carbonyl (C=O) groups is 1. The van der Waals surface area contributed by atoms with E-state index in [0.717, 1.165) is 25.0 Å². The molecule has 1 atom stereocenters. The Bertz CT molecular complexity index is 595. The first kappa shape index (κ1) is 16.7. The Balaban J connectivity index is 1.79. The maximum Gasteiger partial charge on any atom is 0.222 e. The van der Waals surface area contributed by atoms with Gasteiger partial charge in [-0.25, -0.2) is 0 Å². The number of carbonyl (C=O) groups excluding carboxylic acids is 1. The van der Waals surface area contributed by atoms with Gasteiger partial charge in [0.2, 0.25) is 5.91 Å². The molecule has 0 N–H and O–H groups in total. The van der Waals surface area contributed by atoms with Crippen molar-refractivity contribution in [2.24, 2.45) is 0 Å². The van der Waals surface area contributed by atoms with Crippen molar-refractivity contribution in [3.8, 4) is 0 Å². The van der Waals surface area contributed by atoms with Crippen molar-refractivity contribution in [3.05, 3.63) is 52.0 Å². The number of aryl methyl sites for hydroxylation is 2. The highest BCUT2D eigenvalue weighted by atomic mass is 32.1. The molecule has 1 amide bonds. The monoisotopic (exact) mass is 316 g/mol. The van der Waals surface area contributed by atoms with Gasteiger partial charge in [0.15, 0.2) is 0 Å². The van der Waals surface area contributed by atoms with Gasteiger partial charge in [-0.3, -0.25) is 9.78 Å². The van der Waals surface area contributed by atoms with Crippen LogP contribution in [0.4, 0.5) is 0 Å². The number of amides is 1. The van der Waals surface area contributed by atoms with Crippen molar-refractivity contribution in [2.45, 2.75) is 45.6 Å². The van der Waals surface area contributed by atoms with Gasteiger partial charge >= 0.3 is 0 Å². The lowest BCUT2D eigenvalue weighted by Crippen LogP contribution is -2.36. The number of aromatic nitrogens is 1. The molecule has 0 spiro atoms. The second-order valence-corrected chi connectivity index (χ2v) is 6.85. The van der Waals surface area contributed by atoms with Crippen LogP contribution in [0.1, 0.15) is 35.9 Å². The van der Waals surface area contributed by atoms with Crippen LogP contribution in [0.2, 0.25) is 0 Å². The Labute approximate surface area is 137 Å². The van der Waals surface area contributed by atoms with Gasteiger partial charge in [0.1, 0.15) is 0 Å². The van der Waals surface area contributed by atoms with E-state index < -0.39 is 0 Å². The number of hydrogen-bond donors (Lipinski definition) is 0. The molecule has 0 aliphatic rings. The lowest BCUT2D eigenvalue weighted by Gasteiger charge is -2.25. The van der Waals surface area contributed by atoms with E-state index in [9.17, 15) is 4.79 Å². The molecule has 0 aliphatic heterocycles. The van der Waals surface area contributed by atoms with Crippen LogP contribution in [0.3, 0.4) is 0 Å². The largest absolute Gasteiger partial charge is 0.343 e. The van der Waals surface area contributed by atoms with Gasteiger partial charge in [-0.2, -0.15) is 0 Å². The lowest BCUT2D eigenvalue weighted by molar-refractivity contribution is -0.131. The van der Waals surface area contributed by atoms with Gasteiger partial charge < -0.3 is 4.90 Å². The van der Waals surface area contributed by atoms with Crippen LogP contribution in [0.5, 0.6) is 0 Å². The molecule has 118 valence electrons. The molecule has 0 saturated carbocycles. The second kappa shape index (κ2) is 8.08. The highest BCUT2D eigenvalue weighted by molar-refractivity contribution is 7.09. The molecule has 22 heavy (non-hydrogen) atoms. The molecule has 0 saturated heterocycles. The van der Waals surface area contributed by atoms with Crippen molar-refractivity contribution >= 4 is 17.2 Å². The topological polar surface area (TPSA) is 33.2 Å². The summed E-state index contributed by atoms with van der Waals surface area (Å²) in [6, 6.07) is 8.44. The molecule has 2 aromatic heterocycles. The molecule has 0 aromatic carbocycles. The second-order valence-electron chi connectivity index (χ2n) is 5.82. The van der Waals surface area contributed by atoms with E-state index in [1.54, 1.807) is 11.3 Å². The van der Waals surface area contributed by atoms with E-state index in [1.165, 1.54) is 10.4 Å². The van der Waals surface area contributed by atoms with Gasteiger partial charge in [0.05, 0.1) is 0 Å². The Hall–Kier alpha value is -1.68. The van der Waals surface area contributed by atoms with Gasteiger partial charge in [-0.1, -0.05) is 6.07 Å². The average Bonchev–Trinajstić information content (AvgIpc) is 2.99. The van der Waals surface area contributed by atoms with Crippen LogP contribution in [-0.2, 0) is 17.6 Å². The zero-order chi connectivity index (χ0) is 15.9. The maximum absolute atomic E-state index is 12.3. The predicted octanol–water partition coefficient (Wildman–Crippen LogP) is 3.86. The highest BCUT2D eigenvalue weighted by Crippen LogP contribution is 2.13. The van der Waals surface area contributed by atoms with Crippen molar-refractivity contribution in [2.75, 3.05) is 7.05 Å². The van der Waals surface area contributed by atoms with Crippen LogP contribution in [0.15, 0.2) is 35.8 Å². The number of rotatable bonds is 7. The number of hydrogen-bond acceptors (Lipinski definition) is 3. The van der Waals surface area contributed by atoms with Crippen LogP contribution in [0, 0.1) is 6.92 Å². The number of nitrogens with zero attached hydrogens (tertiary/aromatic N) is 2. The smallest absolute Gasteiger partial charge is 0.222 e. The quantitative estimate of drug-likeness (QED) is 0.777. The minimum atomic E-state index is 0.170. The molecule has 2 heterocycles. The first-order valence-electron chi connectivity index (χ1n) is 7.76. The third kappa shape index (κ3) is 4.95. The average molecular weight is 316 g/mol. The minimum Gasteiger partial charge on any atom is -0.343 e. The zero-order valence-electron chi connectivity index (χ0n) is 13.6. The van der Waals surface area contributed by atoms with Crippen molar-refractivity contribution in [3.63, 3.8) is 0 Å². The van der Waals surface area contributed by atoms with E-state index in [2.05, 4.69) is 42.4 Å². The van der Waals surface area contributed by atoms with E-state index >= 15 is 0 Å². The summed E-state index contributed by atoms with van der Waals surface area (Å²) < 4.78 is 0. The van der Waals surface area contributed by atoms with Crippen LogP contribution < -0.4 is 0 Å². The van der Waals surface area contributed by atoms with Crippen molar-refractivity contribution in [1.82, 2.24) is 9.88 Å². The molecule has 0 aliphatic carbocycles. The van der Waals surface area contributed by atoms with Gasteiger partial charge in [0, 0.05) is 42.7 Å². The molecule has 3 nitrogen and oxygen atoms in total. The first-order valence-corrected chi connectivity index (χ1v) is 8.64. The van der Waals surface area contributed by atoms with E-state index in [-0.39, 0.29) is 11.9 Å².